The molecule has 3 aliphatic rings. The van der Waals surface area contributed by atoms with Crippen LogP contribution in [0.3, 0.4) is 0 Å². The SMILES string of the molecule is COC(=O)CN1CCCc2c1nc(N1CCC3(CC1)C(=O)N(CCO)c1cc(F)cc(F)c13)[nH]c2=O. The maximum absolute atomic E-state index is 15.0. The van der Waals surface area contributed by atoms with Crippen molar-refractivity contribution in [3.63, 3.8) is 0 Å². The molecular formula is C24H27F2N5O5. The van der Waals surface area contributed by atoms with Gasteiger partial charge in [0.25, 0.3) is 5.56 Å². The Bertz CT molecular complexity index is 1270. The van der Waals surface area contributed by atoms with Crippen LogP contribution in [0, 0.1) is 11.6 Å². The molecular weight excluding hydrogens is 476 g/mol. The van der Waals surface area contributed by atoms with Crippen molar-refractivity contribution >= 4 is 29.3 Å². The van der Waals surface area contributed by atoms with E-state index < -0.39 is 23.0 Å². The zero-order chi connectivity index (χ0) is 25.6. The maximum atomic E-state index is 15.0. The number of methoxy groups -OCH3 is 1. The van der Waals surface area contributed by atoms with Crippen LogP contribution in [0.1, 0.15) is 30.4 Å². The number of amides is 1. The summed E-state index contributed by atoms with van der Waals surface area (Å²) < 4.78 is 33.8. The molecule has 0 radical (unpaired) electrons. The summed E-state index contributed by atoms with van der Waals surface area (Å²) >= 11 is 0. The Morgan fingerprint density at radius 3 is 2.67 bits per heavy atom. The van der Waals surface area contributed by atoms with E-state index in [2.05, 4.69) is 9.97 Å². The maximum Gasteiger partial charge on any atom is 0.325 e. The zero-order valence-electron chi connectivity index (χ0n) is 19.9. The van der Waals surface area contributed by atoms with E-state index >= 15 is 4.39 Å². The van der Waals surface area contributed by atoms with Crippen molar-refractivity contribution in [1.29, 1.82) is 0 Å². The number of aliphatic hydroxyl groups is 1. The van der Waals surface area contributed by atoms with E-state index in [9.17, 15) is 23.9 Å². The van der Waals surface area contributed by atoms with Crippen molar-refractivity contribution in [3.05, 3.63) is 45.2 Å². The number of nitrogens with zero attached hydrogens (tertiary/aromatic N) is 4. The number of aliphatic hydroxyl groups excluding tert-OH is 1. The lowest BCUT2D eigenvalue weighted by atomic mass is 9.73. The first kappa shape index (κ1) is 24.2. The highest BCUT2D eigenvalue weighted by Crippen LogP contribution is 2.49. The fraction of sp³-hybridized carbons (Fsp3) is 0.500. The van der Waals surface area contributed by atoms with Gasteiger partial charge in [0.15, 0.2) is 0 Å². The third-order valence-corrected chi connectivity index (χ3v) is 7.38. The molecule has 4 heterocycles. The van der Waals surface area contributed by atoms with E-state index in [0.717, 1.165) is 12.1 Å². The van der Waals surface area contributed by atoms with Crippen LogP contribution in [-0.4, -0.2) is 73.4 Å². The lowest BCUT2D eigenvalue weighted by Gasteiger charge is -2.39. The third-order valence-electron chi connectivity index (χ3n) is 7.38. The normalized spacial score (nSPS) is 18.4. The molecule has 1 fully saturated rings. The van der Waals surface area contributed by atoms with Gasteiger partial charge >= 0.3 is 5.97 Å². The molecule has 2 aromatic rings. The Morgan fingerprint density at radius 2 is 1.97 bits per heavy atom. The van der Waals surface area contributed by atoms with E-state index in [0.29, 0.717) is 36.7 Å². The van der Waals surface area contributed by atoms with E-state index in [-0.39, 0.29) is 68.3 Å². The molecule has 36 heavy (non-hydrogen) atoms. The van der Waals surface area contributed by atoms with E-state index in [1.165, 1.54) is 12.0 Å². The van der Waals surface area contributed by atoms with Gasteiger partial charge < -0.3 is 24.5 Å². The predicted molar refractivity (Wildman–Crippen MR) is 126 cm³/mol. The number of β-amino-alcohol motifs (C(OH)–C–C–N with tert-alkyl or cyclic N) is 1. The Kier molecular flexibility index (Phi) is 6.15. The number of halogens is 2. The third kappa shape index (κ3) is 3.80. The lowest BCUT2D eigenvalue weighted by molar-refractivity contribution is -0.139. The van der Waals surface area contributed by atoms with Crippen molar-refractivity contribution in [2.75, 3.05) is 61.1 Å². The number of nitrogens with one attached hydrogen (secondary N) is 1. The molecule has 12 heteroatoms. The molecule has 0 saturated carbocycles. The minimum absolute atomic E-state index is 0.0235. The van der Waals surface area contributed by atoms with E-state index in [1.807, 2.05) is 4.90 Å². The minimum atomic E-state index is -1.19. The largest absolute Gasteiger partial charge is 0.468 e. The number of rotatable bonds is 5. The number of esters is 1. The first-order chi connectivity index (χ1) is 17.3. The topological polar surface area (TPSA) is 119 Å². The molecule has 2 N–H and O–H groups in total. The number of hydrogen-bond acceptors (Lipinski definition) is 8. The monoisotopic (exact) mass is 503 g/mol. The van der Waals surface area contributed by atoms with Crippen LogP contribution < -0.4 is 20.3 Å². The molecule has 5 rings (SSSR count). The van der Waals surface area contributed by atoms with Crippen LogP contribution in [0.25, 0.3) is 0 Å². The number of aromatic amines is 1. The summed E-state index contributed by atoms with van der Waals surface area (Å²) in [4.78, 5) is 50.4. The quantitative estimate of drug-likeness (QED) is 0.577. The van der Waals surface area contributed by atoms with Crippen molar-refractivity contribution in [1.82, 2.24) is 9.97 Å². The summed E-state index contributed by atoms with van der Waals surface area (Å²) in [7, 11) is 1.30. The number of anilines is 3. The summed E-state index contributed by atoms with van der Waals surface area (Å²) in [6.07, 6.45) is 1.69. The number of carbonyl (C=O) groups excluding carboxylic acids is 2. The Hall–Kier alpha value is -3.54. The summed E-state index contributed by atoms with van der Waals surface area (Å²) in [5.41, 5.74) is -0.671. The number of hydrogen-bond donors (Lipinski definition) is 2. The second-order valence-electron chi connectivity index (χ2n) is 9.32. The van der Waals surface area contributed by atoms with Gasteiger partial charge in [-0.1, -0.05) is 0 Å². The van der Waals surface area contributed by atoms with E-state index in [1.54, 1.807) is 4.90 Å². The lowest BCUT2D eigenvalue weighted by Crippen LogP contribution is -2.50. The number of carbonyl (C=O) groups is 2. The van der Waals surface area contributed by atoms with Gasteiger partial charge in [0.05, 0.1) is 30.4 Å². The van der Waals surface area contributed by atoms with Crippen molar-refractivity contribution in [2.24, 2.45) is 0 Å². The molecule has 0 bridgehead atoms. The predicted octanol–water partition coefficient (Wildman–Crippen LogP) is 0.851. The second-order valence-corrected chi connectivity index (χ2v) is 9.32. The van der Waals surface area contributed by atoms with Crippen LogP contribution in [0.5, 0.6) is 0 Å². The first-order valence-corrected chi connectivity index (χ1v) is 11.9. The highest BCUT2D eigenvalue weighted by molar-refractivity contribution is 6.08. The molecule has 0 aliphatic carbocycles. The zero-order valence-corrected chi connectivity index (χ0v) is 19.9. The molecule has 1 saturated heterocycles. The molecule has 0 unspecified atom stereocenters. The smallest absolute Gasteiger partial charge is 0.325 e. The Labute approximate surface area is 205 Å². The summed E-state index contributed by atoms with van der Waals surface area (Å²) in [5.74, 6) is -1.64. The summed E-state index contributed by atoms with van der Waals surface area (Å²) in [5, 5.41) is 9.44. The number of piperidine rings is 1. The number of ether oxygens (including phenoxy) is 1. The molecule has 10 nitrogen and oxygen atoms in total. The molecule has 3 aliphatic heterocycles. The van der Waals surface area contributed by atoms with Gasteiger partial charge in [0.2, 0.25) is 11.9 Å². The molecule has 192 valence electrons. The first-order valence-electron chi connectivity index (χ1n) is 11.9. The summed E-state index contributed by atoms with van der Waals surface area (Å²) in [6, 6.07) is 1.91. The second kappa shape index (κ2) is 9.16. The van der Waals surface area contributed by atoms with Gasteiger partial charge in [-0.3, -0.25) is 19.4 Å². The van der Waals surface area contributed by atoms with Gasteiger partial charge in [0.1, 0.15) is 24.0 Å². The molecule has 1 amide bonds. The highest BCUT2D eigenvalue weighted by atomic mass is 19.1. The minimum Gasteiger partial charge on any atom is -0.468 e. The van der Waals surface area contributed by atoms with Crippen molar-refractivity contribution in [3.8, 4) is 0 Å². The Morgan fingerprint density at radius 1 is 1.22 bits per heavy atom. The average Bonchev–Trinajstić information content (AvgIpc) is 3.07. The van der Waals surface area contributed by atoms with Crippen LogP contribution in [0.4, 0.5) is 26.2 Å². The molecule has 1 aromatic carbocycles. The number of benzene rings is 1. The Balaban J connectivity index is 1.44. The standard InChI is InChI=1S/C24H27F2N5O5/c1-36-18(33)13-30-6-2-3-15-20(30)27-23(28-21(15)34)29-7-4-24(5-8-29)19-16(26)11-14(25)12-17(19)31(9-10-32)22(24)35/h11-12,32H,2-10,13H2,1H3,(H,27,28,34). The van der Waals surface area contributed by atoms with Gasteiger partial charge in [-0.2, -0.15) is 4.98 Å². The van der Waals surface area contributed by atoms with Crippen molar-refractivity contribution < 1.29 is 28.2 Å². The fourth-order valence-electron chi connectivity index (χ4n) is 5.65. The van der Waals surface area contributed by atoms with Crippen LogP contribution in [0.15, 0.2) is 16.9 Å². The number of H-pyrrole nitrogens is 1. The highest BCUT2D eigenvalue weighted by Gasteiger charge is 2.54. The van der Waals surface area contributed by atoms with Crippen molar-refractivity contribution in [2.45, 2.75) is 31.1 Å². The van der Waals surface area contributed by atoms with Crippen LogP contribution in [0.2, 0.25) is 0 Å². The fourth-order valence-corrected chi connectivity index (χ4v) is 5.65. The van der Waals surface area contributed by atoms with Gasteiger partial charge in [0, 0.05) is 37.8 Å². The van der Waals surface area contributed by atoms with Gasteiger partial charge in [-0.25, -0.2) is 8.78 Å². The number of fused-ring (bicyclic) bond motifs is 3. The van der Waals surface area contributed by atoms with Gasteiger partial charge in [-0.15, -0.1) is 0 Å². The molecule has 1 aromatic heterocycles. The molecule has 0 atom stereocenters. The van der Waals surface area contributed by atoms with Crippen LogP contribution >= 0.6 is 0 Å². The van der Waals surface area contributed by atoms with Gasteiger partial charge in [-0.05, 0) is 31.7 Å². The summed E-state index contributed by atoms with van der Waals surface area (Å²) in [6.45, 7) is 0.707. The van der Waals surface area contributed by atoms with E-state index in [4.69, 9.17) is 4.74 Å². The molecule has 1 spiro atoms. The number of aromatic nitrogens is 2. The van der Waals surface area contributed by atoms with Crippen LogP contribution in [-0.2, 0) is 26.2 Å². The average molecular weight is 504 g/mol.